The van der Waals surface area contributed by atoms with E-state index in [1.165, 1.54) is 6.92 Å². The summed E-state index contributed by atoms with van der Waals surface area (Å²) in [4.78, 5) is 9.63. The maximum atomic E-state index is 12.5. The van der Waals surface area contributed by atoms with Gasteiger partial charge in [-0.05, 0) is 19.1 Å². The van der Waals surface area contributed by atoms with Gasteiger partial charge in [0, 0.05) is 6.54 Å². The zero-order chi connectivity index (χ0) is 14.8. The fraction of sp³-hybridized carbons (Fsp3) is 0.400. The predicted octanol–water partition coefficient (Wildman–Crippen LogP) is 2.11. The summed E-state index contributed by atoms with van der Waals surface area (Å²) in [6, 6.07) is 1.37. The van der Waals surface area contributed by atoms with Crippen LogP contribution < -0.4 is 5.32 Å². The van der Waals surface area contributed by atoms with Crippen molar-refractivity contribution in [1.29, 1.82) is 0 Å². The van der Waals surface area contributed by atoms with E-state index in [2.05, 4.69) is 5.32 Å². The maximum absolute atomic E-state index is 12.5. The number of aliphatic hydroxyl groups is 1. The Labute approximate surface area is 105 Å². The highest BCUT2D eigenvalue weighted by atomic mass is 19.4. The smallest absolute Gasteiger partial charge is 0.420 e. The molecule has 0 bridgehead atoms. The molecule has 0 amide bonds. The van der Waals surface area contributed by atoms with Crippen LogP contribution in [0.3, 0.4) is 0 Å². The first-order valence-corrected chi connectivity index (χ1v) is 5.14. The molecule has 0 aliphatic carbocycles. The number of phenols is 1. The molecule has 1 aromatic rings. The summed E-state index contributed by atoms with van der Waals surface area (Å²) in [5, 5.41) is 31.5. The number of hydrogen-bond donors (Lipinski definition) is 3. The van der Waals surface area contributed by atoms with Gasteiger partial charge < -0.3 is 15.5 Å². The van der Waals surface area contributed by atoms with Crippen LogP contribution in [-0.4, -0.2) is 27.8 Å². The van der Waals surface area contributed by atoms with Gasteiger partial charge in [0.05, 0.1) is 11.0 Å². The van der Waals surface area contributed by atoms with Gasteiger partial charge in [-0.1, -0.05) is 0 Å². The van der Waals surface area contributed by atoms with Crippen molar-refractivity contribution < 1.29 is 28.3 Å². The molecule has 0 heterocycles. The molecule has 0 saturated carbocycles. The summed E-state index contributed by atoms with van der Waals surface area (Å²) < 4.78 is 37.5. The number of rotatable bonds is 4. The van der Waals surface area contributed by atoms with Gasteiger partial charge in [0.15, 0.2) is 0 Å². The molecule has 0 aliphatic rings. The van der Waals surface area contributed by atoms with E-state index in [4.69, 9.17) is 5.11 Å². The standard InChI is InChI=1S/C10H11F3N2O4/c1-5(16)4-14-7-3-2-6(10(11,12)13)9(17)8(7)15(18)19/h2-3,5,14,16-17H,4H2,1H3. The van der Waals surface area contributed by atoms with E-state index >= 15 is 0 Å². The highest BCUT2D eigenvalue weighted by Crippen LogP contribution is 2.44. The summed E-state index contributed by atoms with van der Waals surface area (Å²) in [7, 11) is 0. The van der Waals surface area contributed by atoms with E-state index in [1.807, 2.05) is 0 Å². The molecular weight excluding hydrogens is 269 g/mol. The number of benzene rings is 1. The number of halogens is 3. The van der Waals surface area contributed by atoms with Crippen LogP contribution in [0.25, 0.3) is 0 Å². The van der Waals surface area contributed by atoms with Crippen molar-refractivity contribution in [2.24, 2.45) is 0 Å². The summed E-state index contributed by atoms with van der Waals surface area (Å²) in [6.07, 6.45) is -5.75. The van der Waals surface area contributed by atoms with E-state index in [0.29, 0.717) is 6.07 Å². The van der Waals surface area contributed by atoms with Crippen molar-refractivity contribution in [1.82, 2.24) is 0 Å². The first-order chi connectivity index (χ1) is 8.64. The van der Waals surface area contributed by atoms with Crippen molar-refractivity contribution in [3.05, 3.63) is 27.8 Å². The lowest BCUT2D eigenvalue weighted by molar-refractivity contribution is -0.385. The van der Waals surface area contributed by atoms with E-state index in [1.54, 1.807) is 0 Å². The average molecular weight is 280 g/mol. The Hall–Kier alpha value is -2.03. The lowest BCUT2D eigenvalue weighted by Gasteiger charge is -2.13. The average Bonchev–Trinajstić information content (AvgIpc) is 2.23. The summed E-state index contributed by atoms with van der Waals surface area (Å²) in [5.41, 5.74) is -2.85. The normalized spacial score (nSPS) is 13.1. The molecule has 0 aromatic heterocycles. The van der Waals surface area contributed by atoms with Crippen LogP contribution in [0.1, 0.15) is 12.5 Å². The Bertz CT molecular complexity index is 488. The molecular formula is C10H11F3N2O4. The number of nitro groups is 1. The third-order valence-electron chi connectivity index (χ3n) is 2.23. The zero-order valence-corrected chi connectivity index (χ0v) is 9.73. The Morgan fingerprint density at radius 1 is 1.47 bits per heavy atom. The fourth-order valence-electron chi connectivity index (χ4n) is 1.39. The molecule has 0 spiro atoms. The van der Waals surface area contributed by atoms with Gasteiger partial charge in [-0.15, -0.1) is 0 Å². The minimum atomic E-state index is -4.89. The third kappa shape index (κ3) is 3.47. The summed E-state index contributed by atoms with van der Waals surface area (Å²) in [5.74, 6) is -1.45. The van der Waals surface area contributed by atoms with Crippen LogP contribution in [0.15, 0.2) is 12.1 Å². The van der Waals surface area contributed by atoms with Gasteiger partial charge in [0.1, 0.15) is 11.3 Å². The molecule has 0 aliphatic heterocycles. The number of hydrogen-bond acceptors (Lipinski definition) is 5. The SMILES string of the molecule is CC(O)CNc1ccc(C(F)(F)F)c(O)c1[N+](=O)[O-]. The topological polar surface area (TPSA) is 95.6 Å². The molecule has 6 nitrogen and oxygen atoms in total. The number of anilines is 1. The summed E-state index contributed by atoms with van der Waals surface area (Å²) >= 11 is 0. The first-order valence-electron chi connectivity index (χ1n) is 5.14. The number of nitrogens with zero attached hydrogens (tertiary/aromatic N) is 1. The van der Waals surface area contributed by atoms with Crippen LogP contribution in [0.2, 0.25) is 0 Å². The minimum Gasteiger partial charge on any atom is -0.502 e. The molecule has 1 unspecified atom stereocenters. The Morgan fingerprint density at radius 3 is 2.47 bits per heavy atom. The van der Waals surface area contributed by atoms with Crippen LogP contribution >= 0.6 is 0 Å². The monoisotopic (exact) mass is 280 g/mol. The maximum Gasteiger partial charge on any atom is 0.420 e. The lowest BCUT2D eigenvalue weighted by Crippen LogP contribution is -2.16. The van der Waals surface area contributed by atoms with Crippen molar-refractivity contribution in [2.45, 2.75) is 19.2 Å². The fourth-order valence-corrected chi connectivity index (χ4v) is 1.39. The molecule has 106 valence electrons. The van der Waals surface area contributed by atoms with E-state index in [0.717, 1.165) is 6.07 Å². The minimum absolute atomic E-state index is 0.106. The Kier molecular flexibility index (Phi) is 4.20. The van der Waals surface area contributed by atoms with Gasteiger partial charge in [0.2, 0.25) is 5.75 Å². The summed E-state index contributed by atoms with van der Waals surface area (Å²) in [6.45, 7) is 1.29. The molecule has 1 aromatic carbocycles. The van der Waals surface area contributed by atoms with Gasteiger partial charge >= 0.3 is 11.9 Å². The van der Waals surface area contributed by atoms with Gasteiger partial charge in [-0.2, -0.15) is 13.2 Å². The Morgan fingerprint density at radius 2 is 2.05 bits per heavy atom. The Balaban J connectivity index is 3.28. The second kappa shape index (κ2) is 5.31. The molecule has 3 N–H and O–H groups in total. The quantitative estimate of drug-likeness (QED) is 0.580. The van der Waals surface area contributed by atoms with Crippen LogP contribution in [-0.2, 0) is 6.18 Å². The van der Waals surface area contributed by atoms with E-state index < -0.39 is 34.2 Å². The van der Waals surface area contributed by atoms with Crippen molar-refractivity contribution in [3.63, 3.8) is 0 Å². The van der Waals surface area contributed by atoms with Crippen molar-refractivity contribution in [3.8, 4) is 5.75 Å². The lowest BCUT2D eigenvalue weighted by atomic mass is 10.1. The molecule has 0 saturated heterocycles. The zero-order valence-electron chi connectivity index (χ0n) is 9.73. The van der Waals surface area contributed by atoms with Gasteiger partial charge in [0.25, 0.3) is 0 Å². The molecule has 0 radical (unpaired) electrons. The molecule has 0 fully saturated rings. The molecule has 9 heteroatoms. The van der Waals surface area contributed by atoms with Crippen LogP contribution in [0.4, 0.5) is 24.5 Å². The number of alkyl halides is 3. The van der Waals surface area contributed by atoms with E-state index in [9.17, 15) is 28.4 Å². The van der Waals surface area contributed by atoms with Gasteiger partial charge in [-0.25, -0.2) is 0 Å². The number of aliphatic hydroxyl groups excluding tert-OH is 1. The molecule has 1 rings (SSSR count). The number of nitrogens with one attached hydrogen (secondary N) is 1. The van der Waals surface area contributed by atoms with Crippen molar-refractivity contribution in [2.75, 3.05) is 11.9 Å². The highest BCUT2D eigenvalue weighted by Gasteiger charge is 2.38. The second-order valence-corrected chi connectivity index (χ2v) is 3.84. The third-order valence-corrected chi connectivity index (χ3v) is 2.23. The first kappa shape index (κ1) is 15.0. The molecule has 19 heavy (non-hydrogen) atoms. The number of nitro benzene ring substituents is 1. The van der Waals surface area contributed by atoms with E-state index in [-0.39, 0.29) is 12.2 Å². The highest BCUT2D eigenvalue weighted by molar-refractivity contribution is 5.70. The predicted molar refractivity (Wildman–Crippen MR) is 59.9 cm³/mol. The largest absolute Gasteiger partial charge is 0.502 e. The number of aromatic hydroxyl groups is 1. The van der Waals surface area contributed by atoms with Crippen LogP contribution in [0.5, 0.6) is 5.75 Å². The van der Waals surface area contributed by atoms with Crippen molar-refractivity contribution >= 4 is 11.4 Å². The number of phenolic OH excluding ortho intramolecular Hbond substituents is 1. The van der Waals surface area contributed by atoms with Crippen LogP contribution in [0, 0.1) is 10.1 Å². The molecule has 1 atom stereocenters. The van der Waals surface area contributed by atoms with Gasteiger partial charge in [-0.3, -0.25) is 10.1 Å². The second-order valence-electron chi connectivity index (χ2n) is 3.84.